The largest absolute Gasteiger partial charge is 0.493 e. The molecule has 144 valence electrons. The van der Waals surface area contributed by atoms with Crippen molar-refractivity contribution in [1.82, 2.24) is 4.98 Å². The van der Waals surface area contributed by atoms with Crippen molar-refractivity contribution in [1.29, 1.82) is 0 Å². The van der Waals surface area contributed by atoms with Crippen LogP contribution in [-0.4, -0.2) is 40.0 Å². The Balaban J connectivity index is 1.38. The van der Waals surface area contributed by atoms with Crippen molar-refractivity contribution in [2.45, 2.75) is 37.6 Å². The van der Waals surface area contributed by atoms with Crippen molar-refractivity contribution in [3.05, 3.63) is 45.4 Å². The van der Waals surface area contributed by atoms with Crippen LogP contribution in [0.4, 0.5) is 0 Å². The minimum absolute atomic E-state index is 0.0116. The van der Waals surface area contributed by atoms with Gasteiger partial charge in [0.25, 0.3) is 0 Å². The van der Waals surface area contributed by atoms with Gasteiger partial charge in [-0.1, -0.05) is 11.6 Å². The summed E-state index contributed by atoms with van der Waals surface area (Å²) in [5.41, 5.74) is 0.0569. The van der Waals surface area contributed by atoms with Gasteiger partial charge in [-0.05, 0) is 43.0 Å². The molecule has 0 unspecified atom stereocenters. The van der Waals surface area contributed by atoms with Crippen molar-refractivity contribution < 1.29 is 24.5 Å². The SMILES string of the molecule is O=C(O)c1csc([C@H]2CC[C@@H]3[C@@H](COc4ccc(Cl)cc4)[C@H](O)C[C@@H]3O2)n1. The molecular formula is C19H20ClNO5S. The Morgan fingerprint density at radius 2 is 2.11 bits per heavy atom. The number of carboxylic acid groups (broad SMARTS) is 1. The fourth-order valence-corrected chi connectivity index (χ4v) is 4.99. The van der Waals surface area contributed by atoms with Crippen LogP contribution < -0.4 is 4.74 Å². The number of nitrogens with zero attached hydrogens (tertiary/aromatic N) is 1. The number of halogens is 1. The van der Waals surface area contributed by atoms with Crippen LogP contribution in [0, 0.1) is 11.8 Å². The van der Waals surface area contributed by atoms with E-state index in [4.69, 9.17) is 26.2 Å². The zero-order valence-corrected chi connectivity index (χ0v) is 16.0. The summed E-state index contributed by atoms with van der Waals surface area (Å²) in [5, 5.41) is 22.4. The first-order valence-corrected chi connectivity index (χ1v) is 10.2. The lowest BCUT2D eigenvalue weighted by Gasteiger charge is -2.33. The molecule has 8 heteroatoms. The van der Waals surface area contributed by atoms with Crippen LogP contribution in [0.15, 0.2) is 29.6 Å². The summed E-state index contributed by atoms with van der Waals surface area (Å²) in [5.74, 6) is -0.0597. The van der Waals surface area contributed by atoms with Gasteiger partial charge >= 0.3 is 5.97 Å². The molecule has 2 aromatic rings. The minimum atomic E-state index is -1.03. The second-order valence-electron chi connectivity index (χ2n) is 7.01. The number of hydrogen-bond donors (Lipinski definition) is 2. The maximum absolute atomic E-state index is 11.0. The second kappa shape index (κ2) is 7.75. The van der Waals surface area contributed by atoms with Gasteiger partial charge in [-0.25, -0.2) is 9.78 Å². The molecule has 1 saturated heterocycles. The highest BCUT2D eigenvalue weighted by Crippen LogP contribution is 2.46. The maximum Gasteiger partial charge on any atom is 0.355 e. The molecule has 2 N–H and O–H groups in total. The third kappa shape index (κ3) is 3.96. The topological polar surface area (TPSA) is 88.9 Å². The Bertz CT molecular complexity index is 811. The number of hydrogen-bond acceptors (Lipinski definition) is 6. The first-order chi connectivity index (χ1) is 13.0. The fourth-order valence-electron chi connectivity index (χ4n) is 4.00. The molecule has 1 aromatic carbocycles. The average Bonchev–Trinajstić information content (AvgIpc) is 3.25. The van der Waals surface area contributed by atoms with E-state index in [-0.39, 0.29) is 29.7 Å². The molecule has 0 radical (unpaired) electrons. The number of fused-ring (bicyclic) bond motifs is 1. The van der Waals surface area contributed by atoms with Crippen LogP contribution in [0.5, 0.6) is 5.75 Å². The van der Waals surface area contributed by atoms with E-state index < -0.39 is 12.1 Å². The fraction of sp³-hybridized carbons (Fsp3) is 0.474. The quantitative estimate of drug-likeness (QED) is 0.781. The number of rotatable bonds is 5. The zero-order valence-electron chi connectivity index (χ0n) is 14.5. The second-order valence-corrected chi connectivity index (χ2v) is 8.34. The summed E-state index contributed by atoms with van der Waals surface area (Å²) in [6.45, 7) is 0.429. The Labute approximate surface area is 165 Å². The van der Waals surface area contributed by atoms with Crippen LogP contribution in [0.1, 0.15) is 40.9 Å². The number of carboxylic acids is 1. The van der Waals surface area contributed by atoms with E-state index in [2.05, 4.69) is 4.98 Å². The Morgan fingerprint density at radius 1 is 1.33 bits per heavy atom. The molecule has 0 spiro atoms. The van der Waals surface area contributed by atoms with E-state index in [9.17, 15) is 9.90 Å². The van der Waals surface area contributed by atoms with E-state index >= 15 is 0 Å². The van der Waals surface area contributed by atoms with Crippen LogP contribution >= 0.6 is 22.9 Å². The normalized spacial score (nSPS) is 30.1. The van der Waals surface area contributed by atoms with Crippen LogP contribution in [-0.2, 0) is 4.74 Å². The predicted octanol–water partition coefficient (Wildman–Crippen LogP) is 3.79. The third-order valence-corrected chi connectivity index (χ3v) is 6.56. The summed E-state index contributed by atoms with van der Waals surface area (Å²) in [6, 6.07) is 7.19. The Hall–Kier alpha value is -1.67. The molecule has 2 aliphatic rings. The molecule has 5 atom stereocenters. The van der Waals surface area contributed by atoms with Crippen molar-refractivity contribution >= 4 is 28.9 Å². The molecule has 27 heavy (non-hydrogen) atoms. The van der Waals surface area contributed by atoms with Gasteiger partial charge in [-0.2, -0.15) is 0 Å². The number of aromatic carboxylic acids is 1. The Kier molecular flexibility index (Phi) is 5.36. The van der Waals surface area contributed by atoms with Gasteiger partial charge in [0.05, 0.1) is 18.8 Å². The van der Waals surface area contributed by atoms with Gasteiger partial charge in [0, 0.05) is 22.7 Å². The highest BCUT2D eigenvalue weighted by atomic mass is 35.5. The smallest absolute Gasteiger partial charge is 0.355 e. The molecule has 0 bridgehead atoms. The molecule has 2 heterocycles. The first-order valence-electron chi connectivity index (χ1n) is 8.92. The summed E-state index contributed by atoms with van der Waals surface area (Å²) in [7, 11) is 0. The third-order valence-electron chi connectivity index (χ3n) is 5.37. The van der Waals surface area contributed by atoms with E-state index in [1.54, 1.807) is 17.5 Å². The van der Waals surface area contributed by atoms with Crippen LogP contribution in [0.2, 0.25) is 5.02 Å². The highest BCUT2D eigenvalue weighted by molar-refractivity contribution is 7.09. The summed E-state index contributed by atoms with van der Waals surface area (Å²) in [6.07, 6.45) is 1.48. The molecule has 1 saturated carbocycles. The maximum atomic E-state index is 11.0. The summed E-state index contributed by atoms with van der Waals surface area (Å²) >= 11 is 7.20. The lowest BCUT2D eigenvalue weighted by molar-refractivity contribution is -0.0811. The number of aromatic nitrogens is 1. The number of carbonyl (C=O) groups is 1. The van der Waals surface area contributed by atoms with E-state index in [1.807, 2.05) is 12.1 Å². The predicted molar refractivity (Wildman–Crippen MR) is 100 cm³/mol. The molecule has 0 amide bonds. The average molecular weight is 410 g/mol. The van der Waals surface area contributed by atoms with Crippen molar-refractivity contribution in [3.63, 3.8) is 0 Å². The van der Waals surface area contributed by atoms with Gasteiger partial charge in [0.15, 0.2) is 5.69 Å². The summed E-state index contributed by atoms with van der Waals surface area (Å²) in [4.78, 5) is 15.2. The molecule has 1 aliphatic heterocycles. The lowest BCUT2D eigenvalue weighted by atomic mass is 9.87. The van der Waals surface area contributed by atoms with E-state index in [0.29, 0.717) is 23.1 Å². The summed E-state index contributed by atoms with van der Waals surface area (Å²) < 4.78 is 12.0. The van der Waals surface area contributed by atoms with Gasteiger partial charge < -0.3 is 19.7 Å². The molecule has 6 nitrogen and oxygen atoms in total. The molecule has 4 rings (SSSR count). The standard InChI is InChI=1S/C19H20ClNO5S/c20-10-1-3-11(4-2-10)25-8-13-12-5-6-16(26-17(12)7-15(13)22)18-21-14(9-27-18)19(23)24/h1-4,9,12-13,15-17,22H,5-8H2,(H,23,24)/t12-,13-,15-,16-,17+/m1/s1. The van der Waals surface area contributed by atoms with Gasteiger partial charge in [0.2, 0.25) is 0 Å². The van der Waals surface area contributed by atoms with Crippen molar-refractivity contribution in [2.24, 2.45) is 11.8 Å². The van der Waals surface area contributed by atoms with Crippen LogP contribution in [0.25, 0.3) is 0 Å². The molecule has 1 aliphatic carbocycles. The van der Waals surface area contributed by atoms with Gasteiger partial charge in [-0.3, -0.25) is 0 Å². The molecule has 2 fully saturated rings. The number of aliphatic hydroxyl groups excluding tert-OH is 1. The van der Waals surface area contributed by atoms with Crippen molar-refractivity contribution in [2.75, 3.05) is 6.61 Å². The van der Waals surface area contributed by atoms with Gasteiger partial charge in [0.1, 0.15) is 16.9 Å². The van der Waals surface area contributed by atoms with E-state index in [1.165, 1.54) is 11.3 Å². The van der Waals surface area contributed by atoms with Crippen LogP contribution in [0.3, 0.4) is 0 Å². The first kappa shape index (κ1) is 18.7. The monoisotopic (exact) mass is 409 g/mol. The lowest BCUT2D eigenvalue weighted by Crippen LogP contribution is -2.33. The minimum Gasteiger partial charge on any atom is -0.493 e. The number of ether oxygens (including phenoxy) is 2. The van der Waals surface area contributed by atoms with E-state index in [0.717, 1.165) is 18.6 Å². The number of thiazole rings is 1. The molecule has 1 aromatic heterocycles. The zero-order chi connectivity index (χ0) is 19.0. The van der Waals surface area contributed by atoms with Gasteiger partial charge in [-0.15, -0.1) is 11.3 Å². The Morgan fingerprint density at radius 3 is 2.81 bits per heavy atom. The van der Waals surface area contributed by atoms with Crippen molar-refractivity contribution in [3.8, 4) is 5.75 Å². The highest BCUT2D eigenvalue weighted by Gasteiger charge is 2.47. The number of benzene rings is 1. The molecular weight excluding hydrogens is 390 g/mol. The number of aliphatic hydroxyl groups is 1.